The summed E-state index contributed by atoms with van der Waals surface area (Å²) >= 11 is 0. The van der Waals surface area contributed by atoms with Gasteiger partial charge in [0.05, 0.1) is 18.3 Å². The molecule has 0 radical (unpaired) electrons. The Balaban J connectivity index is 1.58. The largest absolute Gasteiger partial charge is 0.386 e. The molecule has 0 heterocycles. The van der Waals surface area contributed by atoms with Gasteiger partial charge in [0.15, 0.2) is 0 Å². The Labute approximate surface area is 134 Å². The summed E-state index contributed by atoms with van der Waals surface area (Å²) in [6, 6.07) is 0. The number of ether oxygens (including phenoxy) is 1. The average molecular weight is 306 g/mol. The molecule has 6 atom stereocenters. The molecule has 2 fully saturated rings. The standard InChI is InChI=1S/C19H30O3/c1-13(12-22-14-8-10-18(2,21)11-14)15-6-7-16-17(20)5-4-9-19(15,16)3/h8,10,13-16,21H,4-7,9,11-12H2,1-3H3/t13-,14+,15+,16?,18-,19-/m0/s1. The maximum Gasteiger partial charge on any atom is 0.136 e. The van der Waals surface area contributed by atoms with E-state index in [9.17, 15) is 9.90 Å². The van der Waals surface area contributed by atoms with Crippen LogP contribution in [0.2, 0.25) is 0 Å². The van der Waals surface area contributed by atoms with E-state index < -0.39 is 5.60 Å². The summed E-state index contributed by atoms with van der Waals surface area (Å²) in [5.74, 6) is 1.85. The van der Waals surface area contributed by atoms with Crippen LogP contribution >= 0.6 is 0 Å². The zero-order valence-corrected chi connectivity index (χ0v) is 14.2. The molecule has 0 spiro atoms. The van der Waals surface area contributed by atoms with Crippen LogP contribution in [0.25, 0.3) is 0 Å². The molecule has 3 nitrogen and oxygen atoms in total. The summed E-state index contributed by atoms with van der Waals surface area (Å²) in [6.45, 7) is 7.16. The van der Waals surface area contributed by atoms with Crippen molar-refractivity contribution in [2.45, 2.75) is 71.0 Å². The molecule has 0 bridgehead atoms. The predicted octanol–water partition coefficient (Wildman–Crippen LogP) is 3.50. The summed E-state index contributed by atoms with van der Waals surface area (Å²) in [6.07, 6.45) is 9.79. The zero-order valence-electron chi connectivity index (χ0n) is 14.2. The fourth-order valence-corrected chi connectivity index (χ4v) is 5.27. The van der Waals surface area contributed by atoms with Crippen LogP contribution in [0.5, 0.6) is 0 Å². The van der Waals surface area contributed by atoms with Crippen molar-refractivity contribution in [2.24, 2.45) is 23.2 Å². The van der Waals surface area contributed by atoms with Crippen molar-refractivity contribution in [3.63, 3.8) is 0 Å². The van der Waals surface area contributed by atoms with E-state index in [4.69, 9.17) is 4.74 Å². The molecule has 0 aliphatic heterocycles. The number of ketones is 1. The monoisotopic (exact) mass is 306 g/mol. The minimum Gasteiger partial charge on any atom is -0.386 e. The van der Waals surface area contributed by atoms with Crippen LogP contribution in [0.4, 0.5) is 0 Å². The van der Waals surface area contributed by atoms with Crippen LogP contribution in [0, 0.1) is 23.2 Å². The molecule has 22 heavy (non-hydrogen) atoms. The highest BCUT2D eigenvalue weighted by molar-refractivity contribution is 5.83. The van der Waals surface area contributed by atoms with Gasteiger partial charge in [-0.05, 0) is 49.9 Å². The number of carbonyl (C=O) groups excluding carboxylic acids is 1. The van der Waals surface area contributed by atoms with Crippen molar-refractivity contribution in [3.05, 3.63) is 12.2 Å². The van der Waals surface area contributed by atoms with Gasteiger partial charge in [-0.3, -0.25) is 4.79 Å². The van der Waals surface area contributed by atoms with Gasteiger partial charge in [-0.25, -0.2) is 0 Å². The highest BCUT2D eigenvalue weighted by Gasteiger charge is 2.52. The quantitative estimate of drug-likeness (QED) is 0.809. The molecule has 0 aromatic rings. The van der Waals surface area contributed by atoms with Crippen molar-refractivity contribution >= 4 is 5.78 Å². The Bertz CT molecular complexity index is 467. The topological polar surface area (TPSA) is 46.5 Å². The van der Waals surface area contributed by atoms with E-state index in [1.807, 2.05) is 19.1 Å². The number of fused-ring (bicyclic) bond motifs is 1. The molecule has 2 saturated carbocycles. The van der Waals surface area contributed by atoms with Crippen molar-refractivity contribution in [3.8, 4) is 0 Å². The van der Waals surface area contributed by atoms with Crippen LogP contribution in [0.3, 0.4) is 0 Å². The first-order valence-corrected chi connectivity index (χ1v) is 8.88. The normalized spacial score (nSPS) is 46.0. The second-order valence-corrected chi connectivity index (χ2v) is 8.33. The van der Waals surface area contributed by atoms with Crippen LogP contribution < -0.4 is 0 Å². The van der Waals surface area contributed by atoms with Crippen molar-refractivity contribution in [2.75, 3.05) is 6.61 Å². The molecule has 0 amide bonds. The van der Waals surface area contributed by atoms with E-state index in [1.165, 1.54) is 6.42 Å². The number of Topliss-reactive ketones (excluding diaryl/α,β-unsaturated/α-hetero) is 1. The molecule has 3 aliphatic carbocycles. The van der Waals surface area contributed by atoms with Crippen LogP contribution in [0.1, 0.15) is 59.3 Å². The lowest BCUT2D eigenvalue weighted by Crippen LogP contribution is -2.40. The third kappa shape index (κ3) is 2.90. The summed E-state index contributed by atoms with van der Waals surface area (Å²) in [5, 5.41) is 9.96. The summed E-state index contributed by atoms with van der Waals surface area (Å²) < 4.78 is 6.03. The molecule has 3 aliphatic rings. The minimum absolute atomic E-state index is 0.0374. The van der Waals surface area contributed by atoms with Crippen LogP contribution in [0.15, 0.2) is 12.2 Å². The number of rotatable bonds is 4. The third-order valence-corrected chi connectivity index (χ3v) is 6.48. The van der Waals surface area contributed by atoms with Crippen molar-refractivity contribution in [1.82, 2.24) is 0 Å². The molecule has 1 N–H and O–H groups in total. The van der Waals surface area contributed by atoms with Crippen molar-refractivity contribution in [1.29, 1.82) is 0 Å². The van der Waals surface area contributed by atoms with Gasteiger partial charge >= 0.3 is 0 Å². The Morgan fingerprint density at radius 2 is 2.18 bits per heavy atom. The fourth-order valence-electron chi connectivity index (χ4n) is 5.27. The Morgan fingerprint density at radius 3 is 2.86 bits per heavy atom. The Morgan fingerprint density at radius 1 is 1.41 bits per heavy atom. The van der Waals surface area contributed by atoms with Gasteiger partial charge in [-0.1, -0.05) is 26.0 Å². The van der Waals surface area contributed by atoms with Gasteiger partial charge in [0.25, 0.3) is 0 Å². The SMILES string of the molecule is C[C@@H](CO[C@@H]1C=C[C@](C)(O)C1)[C@H]1CCC2C(=O)CCC[C@]21C. The van der Waals surface area contributed by atoms with Crippen molar-refractivity contribution < 1.29 is 14.6 Å². The van der Waals surface area contributed by atoms with Gasteiger partial charge in [0.2, 0.25) is 0 Å². The first kappa shape index (κ1) is 16.2. The number of carbonyl (C=O) groups is 1. The molecule has 3 rings (SSSR count). The molecule has 0 aromatic carbocycles. The second kappa shape index (κ2) is 5.76. The molecule has 124 valence electrons. The summed E-state index contributed by atoms with van der Waals surface area (Å²) in [7, 11) is 0. The minimum atomic E-state index is -0.714. The van der Waals surface area contributed by atoms with E-state index in [0.717, 1.165) is 32.3 Å². The zero-order chi connectivity index (χ0) is 16.0. The maximum atomic E-state index is 12.2. The lowest BCUT2D eigenvalue weighted by atomic mass is 9.62. The van der Waals surface area contributed by atoms with E-state index in [-0.39, 0.29) is 11.5 Å². The second-order valence-electron chi connectivity index (χ2n) is 8.33. The van der Waals surface area contributed by atoms with E-state index in [2.05, 4.69) is 13.8 Å². The molecule has 3 heteroatoms. The lowest BCUT2D eigenvalue weighted by Gasteiger charge is -2.42. The molecular formula is C19H30O3. The summed E-state index contributed by atoms with van der Waals surface area (Å²) in [4.78, 5) is 12.2. The first-order chi connectivity index (χ1) is 10.3. The smallest absolute Gasteiger partial charge is 0.136 e. The van der Waals surface area contributed by atoms with E-state index in [1.54, 1.807) is 0 Å². The average Bonchev–Trinajstić information content (AvgIpc) is 2.96. The Hall–Kier alpha value is -0.670. The number of aliphatic hydroxyl groups is 1. The number of hydrogen-bond acceptors (Lipinski definition) is 3. The van der Waals surface area contributed by atoms with E-state index in [0.29, 0.717) is 30.0 Å². The lowest BCUT2D eigenvalue weighted by molar-refractivity contribution is -0.130. The maximum absolute atomic E-state index is 12.2. The fraction of sp³-hybridized carbons (Fsp3) is 0.842. The van der Waals surface area contributed by atoms with Crippen LogP contribution in [-0.4, -0.2) is 29.2 Å². The van der Waals surface area contributed by atoms with E-state index >= 15 is 0 Å². The van der Waals surface area contributed by atoms with Gasteiger partial charge in [-0.15, -0.1) is 0 Å². The highest BCUT2D eigenvalue weighted by Crippen LogP contribution is 2.56. The molecular weight excluding hydrogens is 276 g/mol. The van der Waals surface area contributed by atoms with Gasteiger partial charge in [0.1, 0.15) is 5.78 Å². The number of hydrogen-bond donors (Lipinski definition) is 1. The van der Waals surface area contributed by atoms with Gasteiger partial charge < -0.3 is 9.84 Å². The third-order valence-electron chi connectivity index (χ3n) is 6.48. The first-order valence-electron chi connectivity index (χ1n) is 8.88. The molecule has 0 aromatic heterocycles. The predicted molar refractivity (Wildman–Crippen MR) is 86.5 cm³/mol. The summed E-state index contributed by atoms with van der Waals surface area (Å²) in [5.41, 5.74) is -0.525. The van der Waals surface area contributed by atoms with Crippen LogP contribution in [-0.2, 0) is 9.53 Å². The van der Waals surface area contributed by atoms with Gasteiger partial charge in [-0.2, -0.15) is 0 Å². The molecule has 1 unspecified atom stereocenters. The highest BCUT2D eigenvalue weighted by atomic mass is 16.5. The Kier molecular flexibility index (Phi) is 4.24. The molecule has 0 saturated heterocycles. The van der Waals surface area contributed by atoms with Gasteiger partial charge in [0, 0.05) is 18.8 Å².